The molecule has 0 bridgehead atoms. The summed E-state index contributed by atoms with van der Waals surface area (Å²) in [5.74, 6) is 1.16. The molecule has 1 atom stereocenters. The Bertz CT molecular complexity index is 921. The Hall–Kier alpha value is -2.90. The lowest BCUT2D eigenvalue weighted by Gasteiger charge is -2.12. The number of hydrogen-bond acceptors (Lipinski definition) is 5. The van der Waals surface area contributed by atoms with Crippen molar-refractivity contribution in [1.29, 1.82) is 0 Å². The highest BCUT2D eigenvalue weighted by Crippen LogP contribution is 2.15. The third-order valence-corrected chi connectivity index (χ3v) is 3.60. The molecule has 1 unspecified atom stereocenters. The molecule has 0 aliphatic heterocycles. The van der Waals surface area contributed by atoms with Gasteiger partial charge in [0.2, 0.25) is 5.91 Å². The predicted octanol–water partition coefficient (Wildman–Crippen LogP) is 0.909. The maximum absolute atomic E-state index is 12.3. The highest BCUT2D eigenvalue weighted by atomic mass is 16.3. The number of aromatic nitrogens is 4. The summed E-state index contributed by atoms with van der Waals surface area (Å²) < 4.78 is 8.25. The van der Waals surface area contributed by atoms with Crippen molar-refractivity contribution < 1.29 is 9.21 Å². The van der Waals surface area contributed by atoms with E-state index < -0.39 is 0 Å². The van der Waals surface area contributed by atoms with Crippen LogP contribution in [-0.2, 0) is 18.4 Å². The lowest BCUT2D eigenvalue weighted by atomic mass is 10.2. The van der Waals surface area contributed by atoms with Crippen LogP contribution in [0, 0.1) is 6.92 Å². The van der Waals surface area contributed by atoms with Crippen LogP contribution in [0.5, 0.6) is 0 Å². The van der Waals surface area contributed by atoms with Crippen molar-refractivity contribution >= 4 is 16.9 Å². The Kier molecular flexibility index (Phi) is 3.73. The minimum atomic E-state index is -0.293. The molecule has 0 aromatic carbocycles. The standard InChI is InChI=1S/C15H17N5O3/c1-9-4-5-12(23-9)10(2)18-13(21)7-20-8-16-14-11(15(20)22)6-17-19(14)3/h4-6,8,10H,7H2,1-3H3,(H,18,21). The molecule has 3 rings (SSSR count). The molecular weight excluding hydrogens is 298 g/mol. The average Bonchev–Trinajstić information content (AvgIpc) is 3.09. The van der Waals surface area contributed by atoms with Gasteiger partial charge in [-0.15, -0.1) is 0 Å². The van der Waals surface area contributed by atoms with Crippen molar-refractivity contribution in [2.75, 3.05) is 0 Å². The van der Waals surface area contributed by atoms with E-state index in [1.807, 2.05) is 26.0 Å². The topological polar surface area (TPSA) is 95.0 Å². The van der Waals surface area contributed by atoms with Gasteiger partial charge in [0, 0.05) is 7.05 Å². The molecular formula is C15H17N5O3. The zero-order chi connectivity index (χ0) is 16.6. The van der Waals surface area contributed by atoms with Crippen molar-refractivity contribution in [3.63, 3.8) is 0 Å². The second-order valence-electron chi connectivity index (χ2n) is 5.42. The lowest BCUT2D eigenvalue weighted by Crippen LogP contribution is -2.33. The second-order valence-corrected chi connectivity index (χ2v) is 5.42. The summed E-state index contributed by atoms with van der Waals surface area (Å²) in [4.78, 5) is 28.6. The Morgan fingerprint density at radius 2 is 2.22 bits per heavy atom. The summed E-state index contributed by atoms with van der Waals surface area (Å²) in [5.41, 5.74) is 0.200. The summed E-state index contributed by atoms with van der Waals surface area (Å²) >= 11 is 0. The highest BCUT2D eigenvalue weighted by Gasteiger charge is 2.15. The van der Waals surface area contributed by atoms with Crippen LogP contribution in [0.25, 0.3) is 11.0 Å². The first-order valence-corrected chi connectivity index (χ1v) is 7.18. The van der Waals surface area contributed by atoms with E-state index in [-0.39, 0.29) is 24.1 Å². The molecule has 3 heterocycles. The van der Waals surface area contributed by atoms with Gasteiger partial charge >= 0.3 is 0 Å². The van der Waals surface area contributed by atoms with Crippen LogP contribution in [0.2, 0.25) is 0 Å². The molecule has 8 nitrogen and oxygen atoms in total. The quantitative estimate of drug-likeness (QED) is 0.772. The van der Waals surface area contributed by atoms with Crippen molar-refractivity contribution in [3.8, 4) is 0 Å². The fraction of sp³-hybridized carbons (Fsp3) is 0.333. The van der Waals surface area contributed by atoms with Gasteiger partial charge in [-0.3, -0.25) is 18.8 Å². The number of furan rings is 1. The number of carbonyl (C=O) groups is 1. The summed E-state index contributed by atoms with van der Waals surface area (Å²) in [6, 6.07) is 3.38. The first-order chi connectivity index (χ1) is 11.0. The molecule has 0 radical (unpaired) electrons. The van der Waals surface area contributed by atoms with Gasteiger partial charge in [-0.1, -0.05) is 0 Å². The average molecular weight is 315 g/mol. The van der Waals surface area contributed by atoms with E-state index in [2.05, 4.69) is 15.4 Å². The van der Waals surface area contributed by atoms with Crippen LogP contribution < -0.4 is 10.9 Å². The highest BCUT2D eigenvalue weighted by molar-refractivity contribution is 5.77. The van der Waals surface area contributed by atoms with E-state index in [4.69, 9.17) is 4.42 Å². The van der Waals surface area contributed by atoms with Gasteiger partial charge in [0.05, 0.1) is 12.2 Å². The molecule has 0 saturated heterocycles. The molecule has 0 fully saturated rings. The van der Waals surface area contributed by atoms with Gasteiger partial charge in [0.25, 0.3) is 5.56 Å². The normalized spacial score (nSPS) is 12.5. The first-order valence-electron chi connectivity index (χ1n) is 7.18. The van der Waals surface area contributed by atoms with Gasteiger partial charge < -0.3 is 9.73 Å². The Balaban J connectivity index is 1.75. The molecule has 1 N–H and O–H groups in total. The van der Waals surface area contributed by atoms with Gasteiger partial charge in [0.15, 0.2) is 5.65 Å². The third-order valence-electron chi connectivity index (χ3n) is 3.60. The molecule has 3 aromatic rings. The molecule has 120 valence electrons. The minimum Gasteiger partial charge on any atom is -0.464 e. The SMILES string of the molecule is Cc1ccc(C(C)NC(=O)Cn2cnc3c(cnn3C)c2=O)o1. The predicted molar refractivity (Wildman–Crippen MR) is 82.8 cm³/mol. The number of fused-ring (bicyclic) bond motifs is 1. The number of carbonyl (C=O) groups excluding carboxylic acids is 1. The molecule has 0 aliphatic rings. The zero-order valence-corrected chi connectivity index (χ0v) is 13.1. The monoisotopic (exact) mass is 315 g/mol. The van der Waals surface area contributed by atoms with Gasteiger partial charge in [-0.2, -0.15) is 5.10 Å². The molecule has 0 aliphatic carbocycles. The van der Waals surface area contributed by atoms with E-state index in [0.717, 1.165) is 5.76 Å². The van der Waals surface area contributed by atoms with Crippen LogP contribution >= 0.6 is 0 Å². The number of nitrogens with one attached hydrogen (secondary N) is 1. The molecule has 1 amide bonds. The van der Waals surface area contributed by atoms with Gasteiger partial charge in [0.1, 0.15) is 29.8 Å². The number of aryl methyl sites for hydroxylation is 2. The fourth-order valence-electron chi connectivity index (χ4n) is 2.38. The molecule has 3 aromatic heterocycles. The van der Waals surface area contributed by atoms with Crippen LogP contribution in [0.1, 0.15) is 24.5 Å². The smallest absolute Gasteiger partial charge is 0.264 e. The Morgan fingerprint density at radius 1 is 1.43 bits per heavy atom. The van der Waals surface area contributed by atoms with E-state index in [0.29, 0.717) is 16.8 Å². The Labute approximate surface area is 131 Å². The van der Waals surface area contributed by atoms with Crippen LogP contribution in [0.15, 0.2) is 33.9 Å². The van der Waals surface area contributed by atoms with E-state index in [1.165, 1.54) is 21.8 Å². The van der Waals surface area contributed by atoms with E-state index in [1.54, 1.807) is 7.05 Å². The number of nitrogens with zero attached hydrogens (tertiary/aromatic N) is 4. The molecule has 0 spiro atoms. The number of amides is 1. The number of hydrogen-bond donors (Lipinski definition) is 1. The molecule has 23 heavy (non-hydrogen) atoms. The van der Waals surface area contributed by atoms with Gasteiger partial charge in [-0.25, -0.2) is 4.98 Å². The van der Waals surface area contributed by atoms with Crippen molar-refractivity contribution in [2.24, 2.45) is 7.05 Å². The summed E-state index contributed by atoms with van der Waals surface area (Å²) in [7, 11) is 1.71. The van der Waals surface area contributed by atoms with Crippen molar-refractivity contribution in [2.45, 2.75) is 26.4 Å². The van der Waals surface area contributed by atoms with E-state index >= 15 is 0 Å². The molecule has 8 heteroatoms. The van der Waals surface area contributed by atoms with Crippen molar-refractivity contribution in [1.82, 2.24) is 24.6 Å². The zero-order valence-electron chi connectivity index (χ0n) is 13.1. The fourth-order valence-corrected chi connectivity index (χ4v) is 2.38. The minimum absolute atomic E-state index is 0.110. The first kappa shape index (κ1) is 15.0. The van der Waals surface area contributed by atoms with Gasteiger partial charge in [-0.05, 0) is 26.0 Å². The van der Waals surface area contributed by atoms with Crippen LogP contribution in [-0.4, -0.2) is 25.2 Å². The maximum Gasteiger partial charge on any atom is 0.264 e. The van der Waals surface area contributed by atoms with Crippen LogP contribution in [0.3, 0.4) is 0 Å². The molecule has 0 saturated carbocycles. The third kappa shape index (κ3) is 2.87. The summed E-state index contributed by atoms with van der Waals surface area (Å²) in [5, 5.41) is 7.18. The second kappa shape index (κ2) is 5.71. The number of rotatable bonds is 4. The lowest BCUT2D eigenvalue weighted by molar-refractivity contribution is -0.122. The van der Waals surface area contributed by atoms with E-state index in [9.17, 15) is 9.59 Å². The van der Waals surface area contributed by atoms with Crippen molar-refractivity contribution in [3.05, 3.63) is 46.5 Å². The summed E-state index contributed by atoms with van der Waals surface area (Å²) in [6.45, 7) is 3.55. The maximum atomic E-state index is 12.3. The largest absolute Gasteiger partial charge is 0.464 e. The van der Waals surface area contributed by atoms with Crippen LogP contribution in [0.4, 0.5) is 0 Å². The summed E-state index contributed by atoms with van der Waals surface area (Å²) in [6.07, 6.45) is 2.81. The Morgan fingerprint density at radius 3 is 2.91 bits per heavy atom.